The van der Waals surface area contributed by atoms with Crippen molar-refractivity contribution in [2.75, 3.05) is 36.9 Å². The number of rotatable bonds is 5. The predicted octanol–water partition coefficient (Wildman–Crippen LogP) is 2.73. The minimum Gasteiger partial charge on any atom is -0.379 e. The third-order valence-corrected chi connectivity index (χ3v) is 5.22. The maximum atomic E-state index is 12.3. The van der Waals surface area contributed by atoms with Gasteiger partial charge in [0.25, 0.3) is 0 Å². The second-order valence-electron chi connectivity index (χ2n) is 7.44. The Labute approximate surface area is 170 Å². The SMILES string of the molecule is O=C1CCc2ccc(NC(=O)NCc3cccc(CN4CCOCC4)c3)cc2N1. The third-order valence-electron chi connectivity index (χ3n) is 5.22. The quantitative estimate of drug-likeness (QED) is 0.728. The van der Waals surface area contributed by atoms with Gasteiger partial charge in [0.1, 0.15) is 0 Å². The van der Waals surface area contributed by atoms with Crippen LogP contribution in [0.15, 0.2) is 42.5 Å². The Morgan fingerprint density at radius 3 is 2.76 bits per heavy atom. The highest BCUT2D eigenvalue weighted by molar-refractivity contribution is 5.96. The standard InChI is InChI=1S/C22H26N4O3/c27-21-7-5-18-4-6-19(13-20(18)25-21)24-22(28)23-14-16-2-1-3-17(12-16)15-26-8-10-29-11-9-26/h1-4,6,12-13H,5,7-11,14-15H2,(H,25,27)(H2,23,24,28). The molecule has 7 nitrogen and oxygen atoms in total. The summed E-state index contributed by atoms with van der Waals surface area (Å²) in [5, 5.41) is 8.58. The second kappa shape index (κ2) is 9.07. The molecular weight excluding hydrogens is 368 g/mol. The van der Waals surface area contributed by atoms with Crippen LogP contribution in [0.2, 0.25) is 0 Å². The molecule has 2 aromatic carbocycles. The first-order valence-electron chi connectivity index (χ1n) is 10.0. The Hall–Kier alpha value is -2.90. The first-order valence-corrected chi connectivity index (χ1v) is 10.0. The smallest absolute Gasteiger partial charge is 0.319 e. The molecule has 2 heterocycles. The molecule has 152 valence electrons. The normalized spacial score (nSPS) is 16.6. The van der Waals surface area contributed by atoms with Crippen LogP contribution < -0.4 is 16.0 Å². The summed E-state index contributed by atoms with van der Waals surface area (Å²) in [6.45, 7) is 4.81. The molecular formula is C22H26N4O3. The zero-order valence-corrected chi connectivity index (χ0v) is 16.4. The highest BCUT2D eigenvalue weighted by atomic mass is 16.5. The molecule has 2 aromatic rings. The summed E-state index contributed by atoms with van der Waals surface area (Å²) >= 11 is 0. The van der Waals surface area contributed by atoms with Crippen molar-refractivity contribution < 1.29 is 14.3 Å². The van der Waals surface area contributed by atoms with E-state index in [-0.39, 0.29) is 11.9 Å². The van der Waals surface area contributed by atoms with Gasteiger partial charge in [-0.3, -0.25) is 9.69 Å². The first kappa shape index (κ1) is 19.4. The number of fused-ring (bicyclic) bond motifs is 1. The summed E-state index contributed by atoms with van der Waals surface area (Å²) in [5.74, 6) is 0.0102. The van der Waals surface area contributed by atoms with Crippen LogP contribution in [-0.4, -0.2) is 43.1 Å². The van der Waals surface area contributed by atoms with Crippen LogP contribution in [0.25, 0.3) is 0 Å². The Balaban J connectivity index is 1.30. The van der Waals surface area contributed by atoms with Crippen LogP contribution in [0, 0.1) is 0 Å². The van der Waals surface area contributed by atoms with Crippen molar-refractivity contribution in [1.82, 2.24) is 10.2 Å². The third kappa shape index (κ3) is 5.34. The largest absolute Gasteiger partial charge is 0.379 e. The monoisotopic (exact) mass is 394 g/mol. The minimum atomic E-state index is -0.273. The highest BCUT2D eigenvalue weighted by Crippen LogP contribution is 2.25. The molecule has 0 spiro atoms. The summed E-state index contributed by atoms with van der Waals surface area (Å²) in [4.78, 5) is 26.2. The van der Waals surface area contributed by atoms with Crippen LogP contribution in [0.3, 0.4) is 0 Å². The van der Waals surface area contributed by atoms with E-state index < -0.39 is 0 Å². The topological polar surface area (TPSA) is 82.7 Å². The number of benzene rings is 2. The molecule has 0 aromatic heterocycles. The van der Waals surface area contributed by atoms with Gasteiger partial charge < -0.3 is 20.7 Å². The summed E-state index contributed by atoms with van der Waals surface area (Å²) in [7, 11) is 0. The van der Waals surface area contributed by atoms with Gasteiger partial charge in [-0.15, -0.1) is 0 Å². The van der Waals surface area contributed by atoms with Gasteiger partial charge in [0, 0.05) is 44.0 Å². The number of morpholine rings is 1. The number of anilines is 2. The molecule has 2 aliphatic rings. The molecule has 0 bridgehead atoms. The van der Waals surface area contributed by atoms with Crippen molar-refractivity contribution in [2.24, 2.45) is 0 Å². The fourth-order valence-electron chi connectivity index (χ4n) is 3.66. The van der Waals surface area contributed by atoms with Gasteiger partial charge in [0.15, 0.2) is 0 Å². The predicted molar refractivity (Wildman–Crippen MR) is 112 cm³/mol. The zero-order chi connectivity index (χ0) is 20.1. The molecule has 0 saturated carbocycles. The molecule has 0 aliphatic carbocycles. The van der Waals surface area contributed by atoms with Crippen LogP contribution in [0.5, 0.6) is 0 Å². The number of hydrogen-bond acceptors (Lipinski definition) is 4. The lowest BCUT2D eigenvalue weighted by Gasteiger charge is -2.26. The van der Waals surface area contributed by atoms with Gasteiger partial charge in [-0.2, -0.15) is 0 Å². The van der Waals surface area contributed by atoms with Crippen molar-refractivity contribution >= 4 is 23.3 Å². The number of carbonyl (C=O) groups excluding carboxylic acids is 2. The van der Waals surface area contributed by atoms with Crippen LogP contribution in [0.1, 0.15) is 23.1 Å². The van der Waals surface area contributed by atoms with Crippen molar-refractivity contribution in [3.63, 3.8) is 0 Å². The van der Waals surface area contributed by atoms with E-state index >= 15 is 0 Å². The van der Waals surface area contributed by atoms with Crippen LogP contribution >= 0.6 is 0 Å². The Morgan fingerprint density at radius 2 is 1.90 bits per heavy atom. The van der Waals surface area contributed by atoms with E-state index in [1.165, 1.54) is 5.56 Å². The van der Waals surface area contributed by atoms with E-state index in [1.807, 2.05) is 24.3 Å². The summed E-state index contributed by atoms with van der Waals surface area (Å²) in [6.07, 6.45) is 1.24. The molecule has 4 rings (SSSR count). The molecule has 0 unspecified atom stereocenters. The van der Waals surface area contributed by atoms with Crippen molar-refractivity contribution in [2.45, 2.75) is 25.9 Å². The number of aryl methyl sites for hydroxylation is 1. The van der Waals surface area contributed by atoms with Gasteiger partial charge in [-0.25, -0.2) is 4.79 Å². The number of urea groups is 1. The molecule has 3 N–H and O–H groups in total. The average molecular weight is 394 g/mol. The van der Waals surface area contributed by atoms with Gasteiger partial charge in [0.05, 0.1) is 13.2 Å². The molecule has 29 heavy (non-hydrogen) atoms. The zero-order valence-electron chi connectivity index (χ0n) is 16.4. The summed E-state index contributed by atoms with van der Waals surface area (Å²) < 4.78 is 5.39. The maximum Gasteiger partial charge on any atom is 0.319 e. The van der Waals surface area contributed by atoms with Crippen LogP contribution in [-0.2, 0) is 29.0 Å². The molecule has 7 heteroatoms. The van der Waals surface area contributed by atoms with E-state index in [0.29, 0.717) is 18.7 Å². The van der Waals surface area contributed by atoms with E-state index in [4.69, 9.17) is 4.74 Å². The first-order chi connectivity index (χ1) is 14.2. The molecule has 0 radical (unpaired) electrons. The lowest BCUT2D eigenvalue weighted by molar-refractivity contribution is -0.116. The van der Waals surface area contributed by atoms with E-state index in [9.17, 15) is 9.59 Å². The molecule has 1 saturated heterocycles. The maximum absolute atomic E-state index is 12.3. The van der Waals surface area contributed by atoms with Crippen molar-refractivity contribution in [3.8, 4) is 0 Å². The number of amides is 3. The summed E-state index contributed by atoms with van der Waals surface area (Å²) in [5.41, 5.74) is 4.81. The van der Waals surface area contributed by atoms with Gasteiger partial charge >= 0.3 is 6.03 Å². The lowest BCUT2D eigenvalue weighted by Crippen LogP contribution is -2.35. The van der Waals surface area contributed by atoms with Crippen LogP contribution in [0.4, 0.5) is 16.2 Å². The minimum absolute atomic E-state index is 0.0102. The van der Waals surface area contributed by atoms with Crippen molar-refractivity contribution in [1.29, 1.82) is 0 Å². The molecule has 1 fully saturated rings. The fourth-order valence-corrected chi connectivity index (χ4v) is 3.66. The van der Waals surface area contributed by atoms with Gasteiger partial charge in [0.2, 0.25) is 5.91 Å². The number of nitrogens with one attached hydrogen (secondary N) is 3. The molecule has 3 amide bonds. The highest BCUT2D eigenvalue weighted by Gasteiger charge is 2.15. The van der Waals surface area contributed by atoms with E-state index in [2.05, 4.69) is 33.0 Å². The second-order valence-corrected chi connectivity index (χ2v) is 7.44. The summed E-state index contributed by atoms with van der Waals surface area (Å²) in [6, 6.07) is 13.6. The van der Waals surface area contributed by atoms with E-state index in [0.717, 1.165) is 56.1 Å². The molecule has 2 aliphatic heterocycles. The lowest BCUT2D eigenvalue weighted by atomic mass is 10.0. The van der Waals surface area contributed by atoms with Crippen molar-refractivity contribution in [3.05, 3.63) is 59.2 Å². The van der Waals surface area contributed by atoms with E-state index in [1.54, 1.807) is 6.07 Å². The number of ether oxygens (including phenoxy) is 1. The number of nitrogens with zero attached hydrogens (tertiary/aromatic N) is 1. The average Bonchev–Trinajstić information content (AvgIpc) is 2.73. The number of hydrogen-bond donors (Lipinski definition) is 3. The number of carbonyl (C=O) groups is 2. The fraction of sp³-hybridized carbons (Fsp3) is 0.364. The molecule has 0 atom stereocenters. The van der Waals surface area contributed by atoms with Gasteiger partial charge in [-0.1, -0.05) is 30.3 Å². The Bertz CT molecular complexity index is 893. The van der Waals surface area contributed by atoms with Gasteiger partial charge in [-0.05, 0) is 35.2 Å². The Kier molecular flexibility index (Phi) is 6.07. The Morgan fingerprint density at radius 1 is 1.07 bits per heavy atom.